The first-order chi connectivity index (χ1) is 10.1. The van der Waals surface area contributed by atoms with Crippen molar-refractivity contribution in [1.82, 2.24) is 9.97 Å². The fourth-order valence-corrected chi connectivity index (χ4v) is 2.61. The van der Waals surface area contributed by atoms with Gasteiger partial charge in [-0.25, -0.2) is 4.98 Å². The summed E-state index contributed by atoms with van der Waals surface area (Å²) in [5.74, 6) is 2.14. The van der Waals surface area contributed by atoms with Gasteiger partial charge in [-0.15, -0.1) is 0 Å². The largest absolute Gasteiger partial charge is 0.497 e. The van der Waals surface area contributed by atoms with Gasteiger partial charge in [-0.3, -0.25) is 0 Å². The molecular weight excluding hydrogens is 352 g/mol. The van der Waals surface area contributed by atoms with E-state index in [1.165, 1.54) is 0 Å². The van der Waals surface area contributed by atoms with E-state index in [1.54, 1.807) is 14.2 Å². The minimum absolute atomic E-state index is 0.550. The highest BCUT2D eigenvalue weighted by atomic mass is 79.9. The number of H-pyrrole nitrogens is 1. The number of aryl methyl sites for hydroxylation is 1. The maximum absolute atomic E-state index is 5.32. The van der Waals surface area contributed by atoms with Gasteiger partial charge in [0.05, 0.1) is 18.7 Å². The van der Waals surface area contributed by atoms with Crippen molar-refractivity contribution in [1.29, 1.82) is 0 Å². The average molecular weight is 369 g/mol. The van der Waals surface area contributed by atoms with Gasteiger partial charge in [0.1, 0.15) is 22.0 Å². The summed E-state index contributed by atoms with van der Waals surface area (Å²) in [6.45, 7) is 2.12. The zero-order valence-electron chi connectivity index (χ0n) is 12.2. The number of methoxy groups -OCH3 is 2. The van der Waals surface area contributed by atoms with Crippen LogP contribution in [0.2, 0.25) is 0 Å². The quantitative estimate of drug-likeness (QED) is 0.787. The molecule has 0 aliphatic rings. The van der Waals surface area contributed by atoms with E-state index in [0.29, 0.717) is 22.0 Å². The molecule has 0 spiro atoms. The zero-order valence-corrected chi connectivity index (χ0v) is 14.6. The van der Waals surface area contributed by atoms with Crippen LogP contribution >= 0.6 is 28.1 Å². The first-order valence-electron chi connectivity index (χ1n) is 6.61. The number of hydrogen-bond donors (Lipinski definition) is 1. The molecule has 1 N–H and O–H groups in total. The molecule has 2 aromatic rings. The normalized spacial score (nSPS) is 10.5. The number of nitrogens with one attached hydrogen (secondary N) is 1. The van der Waals surface area contributed by atoms with E-state index in [1.807, 2.05) is 18.2 Å². The van der Waals surface area contributed by atoms with Crippen molar-refractivity contribution in [3.05, 3.63) is 33.0 Å². The summed E-state index contributed by atoms with van der Waals surface area (Å²) >= 11 is 8.82. The highest BCUT2D eigenvalue weighted by Gasteiger charge is 2.10. The number of nitrogens with zero attached hydrogens (tertiary/aromatic N) is 1. The van der Waals surface area contributed by atoms with Crippen molar-refractivity contribution in [2.24, 2.45) is 0 Å². The van der Waals surface area contributed by atoms with Crippen LogP contribution in [0.3, 0.4) is 0 Å². The number of ether oxygens (including phenoxy) is 2. The van der Waals surface area contributed by atoms with Gasteiger partial charge in [0.25, 0.3) is 0 Å². The molecule has 0 aliphatic carbocycles. The van der Waals surface area contributed by atoms with Gasteiger partial charge in [-0.2, -0.15) is 0 Å². The van der Waals surface area contributed by atoms with Gasteiger partial charge in [0.2, 0.25) is 0 Å². The van der Waals surface area contributed by atoms with Crippen LogP contribution < -0.4 is 9.47 Å². The van der Waals surface area contributed by atoms with Gasteiger partial charge in [0.15, 0.2) is 0 Å². The van der Waals surface area contributed by atoms with Crippen LogP contribution in [0.15, 0.2) is 22.7 Å². The van der Waals surface area contributed by atoms with Crippen LogP contribution in [0.1, 0.15) is 19.0 Å². The van der Waals surface area contributed by atoms with Crippen LogP contribution in [0.4, 0.5) is 0 Å². The summed E-state index contributed by atoms with van der Waals surface area (Å²) in [5.41, 5.74) is 1.93. The Kier molecular flexibility index (Phi) is 5.36. The van der Waals surface area contributed by atoms with Crippen LogP contribution in [-0.4, -0.2) is 24.2 Å². The molecule has 112 valence electrons. The second kappa shape index (κ2) is 7.04. The molecule has 21 heavy (non-hydrogen) atoms. The maximum Gasteiger partial charge on any atom is 0.144 e. The van der Waals surface area contributed by atoms with E-state index in [0.717, 1.165) is 28.6 Å². The Morgan fingerprint density at radius 1 is 1.19 bits per heavy atom. The maximum atomic E-state index is 5.32. The lowest BCUT2D eigenvalue weighted by atomic mass is 10.1. The molecule has 0 atom stereocenters. The van der Waals surface area contributed by atoms with Gasteiger partial charge >= 0.3 is 0 Å². The third-order valence-corrected chi connectivity index (χ3v) is 4.47. The third kappa shape index (κ3) is 3.63. The van der Waals surface area contributed by atoms with E-state index < -0.39 is 0 Å². The summed E-state index contributed by atoms with van der Waals surface area (Å²) in [6, 6.07) is 5.63. The average Bonchev–Trinajstić information content (AvgIpc) is 2.51. The van der Waals surface area contributed by atoms with Crippen LogP contribution in [0.5, 0.6) is 11.5 Å². The number of hydrogen-bond acceptors (Lipinski definition) is 4. The van der Waals surface area contributed by atoms with E-state index in [-0.39, 0.29) is 0 Å². The van der Waals surface area contributed by atoms with E-state index in [2.05, 4.69) is 32.8 Å². The SMILES string of the molecule is CCCc1[nH]c(-c2cc(OC)cc(OC)c2)nc(=S)c1Br. The van der Waals surface area contributed by atoms with Gasteiger partial charge in [0, 0.05) is 17.3 Å². The second-order valence-corrected chi connectivity index (χ2v) is 5.71. The van der Waals surface area contributed by atoms with Crippen molar-refractivity contribution >= 4 is 28.1 Å². The smallest absolute Gasteiger partial charge is 0.144 e. The highest BCUT2D eigenvalue weighted by Crippen LogP contribution is 2.29. The molecule has 0 saturated heterocycles. The van der Waals surface area contributed by atoms with Gasteiger partial charge < -0.3 is 14.5 Å². The summed E-state index contributed by atoms with van der Waals surface area (Å²) in [4.78, 5) is 7.78. The molecular formula is C15H17BrN2O2S. The van der Waals surface area contributed by atoms with Crippen molar-refractivity contribution in [3.63, 3.8) is 0 Å². The van der Waals surface area contributed by atoms with Crippen LogP contribution in [0.25, 0.3) is 11.4 Å². The summed E-state index contributed by atoms with van der Waals surface area (Å²) in [7, 11) is 3.25. The lowest BCUT2D eigenvalue weighted by molar-refractivity contribution is 0.394. The number of aromatic amines is 1. The molecule has 1 heterocycles. The topological polar surface area (TPSA) is 47.1 Å². The predicted molar refractivity (Wildman–Crippen MR) is 89.7 cm³/mol. The number of halogens is 1. The number of aromatic nitrogens is 2. The third-order valence-electron chi connectivity index (χ3n) is 3.06. The zero-order chi connectivity index (χ0) is 15.4. The minimum Gasteiger partial charge on any atom is -0.497 e. The van der Waals surface area contributed by atoms with Crippen LogP contribution in [-0.2, 0) is 6.42 Å². The van der Waals surface area contributed by atoms with E-state index >= 15 is 0 Å². The van der Waals surface area contributed by atoms with Crippen LogP contribution in [0, 0.1) is 4.64 Å². The van der Waals surface area contributed by atoms with Crippen molar-refractivity contribution in [2.75, 3.05) is 14.2 Å². The molecule has 0 amide bonds. The molecule has 0 radical (unpaired) electrons. The fourth-order valence-electron chi connectivity index (χ4n) is 2.01. The standard InChI is InChI=1S/C15H17BrN2O2S/c1-4-5-12-13(16)15(21)18-14(17-12)9-6-10(19-2)8-11(7-9)20-3/h6-8H,4-5H2,1-3H3,(H,17,18,21). The molecule has 2 rings (SSSR count). The van der Waals surface area contributed by atoms with Gasteiger partial charge in [-0.05, 0) is 34.5 Å². The molecule has 6 heteroatoms. The van der Waals surface area contributed by atoms with Crippen molar-refractivity contribution in [2.45, 2.75) is 19.8 Å². The summed E-state index contributed by atoms with van der Waals surface area (Å²) in [6.07, 6.45) is 1.93. The first-order valence-corrected chi connectivity index (χ1v) is 7.81. The van der Waals surface area contributed by atoms with Crippen molar-refractivity contribution < 1.29 is 9.47 Å². The fraction of sp³-hybridized carbons (Fsp3) is 0.333. The Hall–Kier alpha value is -1.40. The Balaban J connectivity index is 2.58. The predicted octanol–water partition coefficient (Wildman–Crippen LogP) is 4.54. The Morgan fingerprint density at radius 2 is 1.81 bits per heavy atom. The monoisotopic (exact) mass is 368 g/mol. The molecule has 0 fully saturated rings. The molecule has 4 nitrogen and oxygen atoms in total. The molecule has 0 unspecified atom stereocenters. The van der Waals surface area contributed by atoms with E-state index in [9.17, 15) is 0 Å². The Bertz CT molecular complexity index is 678. The molecule has 1 aromatic heterocycles. The summed E-state index contributed by atoms with van der Waals surface area (Å²) in [5, 5.41) is 0. The first kappa shape index (κ1) is 16.0. The number of rotatable bonds is 5. The van der Waals surface area contributed by atoms with E-state index in [4.69, 9.17) is 21.7 Å². The lowest BCUT2D eigenvalue weighted by Crippen LogP contribution is -1.99. The Labute approximate surface area is 137 Å². The molecule has 0 saturated carbocycles. The van der Waals surface area contributed by atoms with Gasteiger partial charge in [-0.1, -0.05) is 25.6 Å². The van der Waals surface area contributed by atoms with Crippen molar-refractivity contribution in [3.8, 4) is 22.9 Å². The summed E-state index contributed by atoms with van der Waals surface area (Å²) < 4.78 is 12.0. The lowest BCUT2D eigenvalue weighted by Gasteiger charge is -2.10. The second-order valence-electron chi connectivity index (χ2n) is 4.53. The number of benzene rings is 1. The molecule has 1 aromatic carbocycles. The molecule has 0 bridgehead atoms. The Morgan fingerprint density at radius 3 is 2.33 bits per heavy atom. The molecule has 0 aliphatic heterocycles. The highest BCUT2D eigenvalue weighted by molar-refractivity contribution is 9.10. The minimum atomic E-state index is 0.550.